The van der Waals surface area contributed by atoms with Crippen molar-refractivity contribution < 1.29 is 19.4 Å². The summed E-state index contributed by atoms with van der Waals surface area (Å²) in [5, 5.41) is 14.8. The molecule has 0 amide bonds. The maximum Gasteiger partial charge on any atom is 0.326 e. The highest BCUT2D eigenvalue weighted by Crippen LogP contribution is 2.41. The first kappa shape index (κ1) is 23.4. The minimum absolute atomic E-state index is 0.0441. The van der Waals surface area contributed by atoms with Gasteiger partial charge >= 0.3 is 5.97 Å². The van der Waals surface area contributed by atoms with Crippen molar-refractivity contribution in [1.82, 2.24) is 15.3 Å². The molecular formula is C27H29N3O4. The molecule has 7 nitrogen and oxygen atoms in total. The number of carbonyl (C=O) groups is 2. The van der Waals surface area contributed by atoms with Gasteiger partial charge in [0.25, 0.3) is 0 Å². The number of hydrogen-bond acceptors (Lipinski definition) is 6. The van der Waals surface area contributed by atoms with Crippen LogP contribution in [0.15, 0.2) is 60.6 Å². The molecule has 0 radical (unpaired) electrons. The normalized spacial score (nSPS) is 19.2. The lowest BCUT2D eigenvalue weighted by Gasteiger charge is -2.39. The molecular weight excluding hydrogens is 430 g/mol. The summed E-state index contributed by atoms with van der Waals surface area (Å²) in [5.74, 6) is -0.179. The lowest BCUT2D eigenvalue weighted by molar-refractivity contribution is -0.140. The number of aromatic nitrogens is 2. The average molecular weight is 460 g/mol. The SMILES string of the molecule is CCC[C@]1(C)C(=O)C=C1N[C@H](C(=O)O)C(C)c1ccc(Oc2nc(C)cc3ccncc23)cc1. The Balaban J connectivity index is 1.52. The lowest BCUT2D eigenvalue weighted by Crippen LogP contribution is -2.50. The van der Waals surface area contributed by atoms with E-state index >= 15 is 0 Å². The molecule has 2 heterocycles. The van der Waals surface area contributed by atoms with Gasteiger partial charge in [0.05, 0.1) is 10.8 Å². The molecule has 1 aliphatic rings. The largest absolute Gasteiger partial charge is 0.480 e. The van der Waals surface area contributed by atoms with Gasteiger partial charge in [-0.1, -0.05) is 32.4 Å². The number of nitrogens with one attached hydrogen (secondary N) is 1. The van der Waals surface area contributed by atoms with Crippen LogP contribution in [-0.4, -0.2) is 32.9 Å². The second-order valence-corrected chi connectivity index (χ2v) is 9.09. The predicted octanol–water partition coefficient (Wildman–Crippen LogP) is 5.15. The van der Waals surface area contributed by atoms with E-state index in [4.69, 9.17) is 4.74 Å². The Kier molecular flexibility index (Phi) is 6.37. The number of nitrogens with zero attached hydrogens (tertiary/aromatic N) is 2. The molecule has 176 valence electrons. The molecule has 0 saturated heterocycles. The number of benzene rings is 1. The zero-order chi connectivity index (χ0) is 24.5. The number of pyridine rings is 2. The number of rotatable bonds is 9. The molecule has 34 heavy (non-hydrogen) atoms. The maximum atomic E-state index is 12.1. The van der Waals surface area contributed by atoms with Crippen LogP contribution in [0.25, 0.3) is 10.8 Å². The van der Waals surface area contributed by atoms with Gasteiger partial charge in [0.15, 0.2) is 5.78 Å². The summed E-state index contributed by atoms with van der Waals surface area (Å²) in [5.41, 5.74) is 1.76. The number of carboxylic acid groups (broad SMARTS) is 1. The highest BCUT2D eigenvalue weighted by molar-refractivity contribution is 6.04. The van der Waals surface area contributed by atoms with E-state index in [2.05, 4.69) is 15.3 Å². The minimum Gasteiger partial charge on any atom is -0.480 e. The first-order valence-electron chi connectivity index (χ1n) is 11.5. The van der Waals surface area contributed by atoms with E-state index in [0.717, 1.165) is 28.5 Å². The van der Waals surface area contributed by atoms with Gasteiger partial charge in [0.2, 0.25) is 5.88 Å². The number of allylic oxidation sites excluding steroid dienone is 2. The van der Waals surface area contributed by atoms with Gasteiger partial charge in [-0.3, -0.25) is 9.78 Å². The Labute approximate surface area is 198 Å². The Morgan fingerprint density at radius 1 is 1.24 bits per heavy atom. The quantitative estimate of drug-likeness (QED) is 0.456. The average Bonchev–Trinajstić information content (AvgIpc) is 2.81. The molecule has 1 unspecified atom stereocenters. The standard InChI is InChI=1S/C27H29N3O4/c1-5-11-27(4)22(14-23(27)31)30-24(26(32)33)17(3)18-6-8-20(9-7-18)34-25-21-15-28-12-10-19(21)13-16(2)29-25/h6-10,12-15,17,24,30H,5,11H2,1-4H3,(H,32,33)/t17?,24-,27-/m0/s1. The van der Waals surface area contributed by atoms with Gasteiger partial charge in [-0.05, 0) is 55.5 Å². The van der Waals surface area contributed by atoms with Crippen LogP contribution in [0.3, 0.4) is 0 Å². The van der Waals surface area contributed by atoms with Gasteiger partial charge in [0.1, 0.15) is 11.8 Å². The van der Waals surface area contributed by atoms with Crippen LogP contribution in [0.5, 0.6) is 11.6 Å². The van der Waals surface area contributed by atoms with Gasteiger partial charge in [0, 0.05) is 35.8 Å². The van der Waals surface area contributed by atoms with E-state index in [1.54, 1.807) is 12.4 Å². The van der Waals surface area contributed by atoms with Gasteiger partial charge < -0.3 is 15.2 Å². The third-order valence-corrected chi connectivity index (χ3v) is 6.59. The smallest absolute Gasteiger partial charge is 0.326 e. The number of carboxylic acids is 1. The number of fused-ring (bicyclic) bond motifs is 1. The highest BCUT2D eigenvalue weighted by atomic mass is 16.5. The number of ether oxygens (including phenoxy) is 1. The summed E-state index contributed by atoms with van der Waals surface area (Å²) in [6, 6.07) is 10.4. The van der Waals surface area contributed by atoms with Crippen LogP contribution in [-0.2, 0) is 9.59 Å². The van der Waals surface area contributed by atoms with Crippen LogP contribution < -0.4 is 10.1 Å². The fourth-order valence-electron chi connectivity index (χ4n) is 4.44. The van der Waals surface area contributed by atoms with Gasteiger partial charge in [-0.2, -0.15) is 0 Å². The minimum atomic E-state index is -0.963. The number of hydrogen-bond donors (Lipinski definition) is 2. The Hall–Kier alpha value is -3.74. The highest BCUT2D eigenvalue weighted by Gasteiger charge is 2.44. The van der Waals surface area contributed by atoms with E-state index in [0.29, 0.717) is 23.7 Å². The predicted molar refractivity (Wildman–Crippen MR) is 130 cm³/mol. The Morgan fingerprint density at radius 2 is 1.97 bits per heavy atom. The molecule has 1 aromatic carbocycles. The second-order valence-electron chi connectivity index (χ2n) is 9.09. The first-order chi connectivity index (χ1) is 16.2. The van der Waals surface area contributed by atoms with Gasteiger partial charge in [-0.15, -0.1) is 0 Å². The molecule has 1 aliphatic carbocycles. The lowest BCUT2D eigenvalue weighted by atomic mass is 9.69. The summed E-state index contributed by atoms with van der Waals surface area (Å²) in [6.45, 7) is 7.66. The zero-order valence-electron chi connectivity index (χ0n) is 19.8. The molecule has 0 spiro atoms. The molecule has 2 aromatic heterocycles. The van der Waals surface area contributed by atoms with E-state index in [1.165, 1.54) is 6.08 Å². The number of ketones is 1. The number of carbonyl (C=O) groups excluding carboxylic acids is 1. The molecule has 0 bridgehead atoms. The van der Waals surface area contributed by atoms with Crippen molar-refractivity contribution in [2.75, 3.05) is 0 Å². The second kappa shape index (κ2) is 9.25. The maximum absolute atomic E-state index is 12.1. The topological polar surface area (TPSA) is 101 Å². The molecule has 3 atom stereocenters. The third kappa shape index (κ3) is 4.38. The van der Waals surface area contributed by atoms with Crippen molar-refractivity contribution in [3.63, 3.8) is 0 Å². The van der Waals surface area contributed by atoms with E-state index in [9.17, 15) is 14.7 Å². The fraction of sp³-hybridized carbons (Fsp3) is 0.333. The number of aliphatic carboxylic acids is 1. The third-order valence-electron chi connectivity index (χ3n) is 6.59. The van der Waals surface area contributed by atoms with Crippen molar-refractivity contribution in [1.29, 1.82) is 0 Å². The van der Waals surface area contributed by atoms with Crippen molar-refractivity contribution in [3.05, 3.63) is 71.8 Å². The Bertz CT molecular complexity index is 1270. The molecule has 2 N–H and O–H groups in total. The van der Waals surface area contributed by atoms with Crippen LogP contribution >= 0.6 is 0 Å². The van der Waals surface area contributed by atoms with Crippen molar-refractivity contribution in [3.8, 4) is 11.6 Å². The van der Waals surface area contributed by atoms with Crippen LogP contribution in [0.4, 0.5) is 0 Å². The van der Waals surface area contributed by atoms with E-state index in [-0.39, 0.29) is 11.7 Å². The van der Waals surface area contributed by atoms with E-state index in [1.807, 2.05) is 64.1 Å². The summed E-state index contributed by atoms with van der Waals surface area (Å²) < 4.78 is 6.04. The van der Waals surface area contributed by atoms with Crippen molar-refractivity contribution in [2.45, 2.75) is 52.5 Å². The summed E-state index contributed by atoms with van der Waals surface area (Å²) >= 11 is 0. The zero-order valence-corrected chi connectivity index (χ0v) is 19.8. The van der Waals surface area contributed by atoms with Crippen LogP contribution in [0.2, 0.25) is 0 Å². The van der Waals surface area contributed by atoms with Crippen LogP contribution in [0.1, 0.15) is 50.8 Å². The Morgan fingerprint density at radius 3 is 2.62 bits per heavy atom. The molecule has 0 aliphatic heterocycles. The van der Waals surface area contributed by atoms with Crippen LogP contribution in [0, 0.1) is 12.3 Å². The van der Waals surface area contributed by atoms with E-state index < -0.39 is 17.4 Å². The molecule has 0 saturated carbocycles. The molecule has 7 heteroatoms. The molecule has 3 aromatic rings. The molecule has 0 fully saturated rings. The summed E-state index contributed by atoms with van der Waals surface area (Å²) in [7, 11) is 0. The van der Waals surface area contributed by atoms with Crippen molar-refractivity contribution in [2.24, 2.45) is 5.41 Å². The first-order valence-corrected chi connectivity index (χ1v) is 11.5. The van der Waals surface area contributed by atoms with Crippen molar-refractivity contribution >= 4 is 22.5 Å². The number of aryl methyl sites for hydroxylation is 1. The summed E-state index contributed by atoms with van der Waals surface area (Å²) in [4.78, 5) is 32.9. The van der Waals surface area contributed by atoms with Gasteiger partial charge in [-0.25, -0.2) is 9.78 Å². The fourth-order valence-corrected chi connectivity index (χ4v) is 4.44. The summed E-state index contributed by atoms with van der Waals surface area (Å²) in [6.07, 6.45) is 6.51. The molecule has 4 rings (SSSR count). The monoisotopic (exact) mass is 459 g/mol.